The Morgan fingerprint density at radius 2 is 2.00 bits per heavy atom. The van der Waals surface area contributed by atoms with Gasteiger partial charge in [0.15, 0.2) is 5.72 Å². The molecular formula is C21H30N2O5. The third kappa shape index (κ3) is 4.64. The van der Waals surface area contributed by atoms with Gasteiger partial charge >= 0.3 is 12.1 Å². The highest BCUT2D eigenvalue weighted by molar-refractivity contribution is 5.76. The fraction of sp³-hybridized carbons (Fsp3) is 0.619. The van der Waals surface area contributed by atoms with E-state index in [1.54, 1.807) is 5.06 Å². The van der Waals surface area contributed by atoms with Crippen molar-refractivity contribution in [1.29, 1.82) is 0 Å². The number of nitrogens with zero attached hydrogens (tertiary/aromatic N) is 1. The van der Waals surface area contributed by atoms with Crippen LogP contribution in [-0.4, -0.2) is 47.6 Å². The van der Waals surface area contributed by atoms with Crippen molar-refractivity contribution in [1.82, 2.24) is 10.4 Å². The summed E-state index contributed by atoms with van der Waals surface area (Å²) in [6.07, 6.45) is 3.49. The van der Waals surface area contributed by atoms with Crippen molar-refractivity contribution in [3.05, 3.63) is 35.9 Å². The number of benzene rings is 1. The topological polar surface area (TPSA) is 80.2 Å². The summed E-state index contributed by atoms with van der Waals surface area (Å²) in [6, 6.07) is 8.97. The molecule has 1 saturated heterocycles. The lowest BCUT2D eigenvalue weighted by molar-refractivity contribution is -0.147. The van der Waals surface area contributed by atoms with Gasteiger partial charge in [0, 0.05) is 6.42 Å². The monoisotopic (exact) mass is 390 g/mol. The summed E-state index contributed by atoms with van der Waals surface area (Å²) in [7, 11) is 1.38. The van der Waals surface area contributed by atoms with Crippen LogP contribution < -0.4 is 5.32 Å². The van der Waals surface area contributed by atoms with Gasteiger partial charge in [0.25, 0.3) is 0 Å². The van der Waals surface area contributed by atoms with Crippen LogP contribution in [0.3, 0.4) is 0 Å². The van der Waals surface area contributed by atoms with Crippen molar-refractivity contribution in [2.45, 2.75) is 76.3 Å². The van der Waals surface area contributed by atoms with Crippen molar-refractivity contribution in [2.24, 2.45) is 0 Å². The van der Waals surface area contributed by atoms with E-state index in [-0.39, 0.29) is 12.0 Å². The van der Waals surface area contributed by atoms with Gasteiger partial charge in [0.2, 0.25) is 0 Å². The van der Waals surface area contributed by atoms with Crippen molar-refractivity contribution < 1.29 is 23.9 Å². The second kappa shape index (κ2) is 8.09. The minimum absolute atomic E-state index is 0.237. The average Bonchev–Trinajstić information content (AvgIpc) is 3.34. The fourth-order valence-electron chi connectivity index (χ4n) is 3.85. The highest BCUT2D eigenvalue weighted by Crippen LogP contribution is 2.49. The second-order valence-electron chi connectivity index (χ2n) is 8.44. The van der Waals surface area contributed by atoms with Crippen molar-refractivity contribution >= 4 is 12.1 Å². The van der Waals surface area contributed by atoms with Crippen molar-refractivity contribution in [2.75, 3.05) is 7.11 Å². The number of rotatable bonds is 5. The number of amides is 1. The SMILES string of the molecule is COC(=O)[C@@H](Cc1ccccc1)N1O[C@]12CCCC[C@@H]2NC(=O)OC(C)(C)C. The molecule has 1 spiro atoms. The number of hydrogen-bond donors (Lipinski definition) is 1. The lowest BCUT2D eigenvalue weighted by atomic mass is 9.87. The molecule has 1 aliphatic carbocycles. The molecular weight excluding hydrogens is 360 g/mol. The van der Waals surface area contributed by atoms with Gasteiger partial charge in [0.1, 0.15) is 11.6 Å². The number of esters is 1. The number of carbonyl (C=O) groups is 2. The van der Waals surface area contributed by atoms with Crippen molar-refractivity contribution in [3.63, 3.8) is 0 Å². The Labute approximate surface area is 166 Å². The molecule has 0 aromatic heterocycles. The molecule has 1 heterocycles. The van der Waals surface area contributed by atoms with Gasteiger partial charge < -0.3 is 14.8 Å². The summed E-state index contributed by atoms with van der Waals surface area (Å²) in [5, 5.41) is 4.67. The number of hydrogen-bond acceptors (Lipinski definition) is 6. The van der Waals surface area contributed by atoms with Crippen LogP contribution in [0.4, 0.5) is 4.79 Å². The minimum atomic E-state index is -0.678. The van der Waals surface area contributed by atoms with E-state index in [0.29, 0.717) is 6.42 Å². The summed E-state index contributed by atoms with van der Waals surface area (Å²) >= 11 is 0. The lowest BCUT2D eigenvalue weighted by Crippen LogP contribution is -2.52. The largest absolute Gasteiger partial charge is 0.468 e. The lowest BCUT2D eigenvalue weighted by Gasteiger charge is -2.31. The van der Waals surface area contributed by atoms with E-state index in [1.165, 1.54) is 7.11 Å². The number of alkyl carbamates (subject to hydrolysis) is 1. The summed E-state index contributed by atoms with van der Waals surface area (Å²) < 4.78 is 10.4. The molecule has 2 fully saturated rings. The van der Waals surface area contributed by atoms with Gasteiger partial charge in [-0.3, -0.25) is 9.63 Å². The fourth-order valence-corrected chi connectivity index (χ4v) is 3.85. The van der Waals surface area contributed by atoms with Crippen LogP contribution in [0.25, 0.3) is 0 Å². The molecule has 1 N–H and O–H groups in total. The number of carbonyl (C=O) groups excluding carboxylic acids is 2. The van der Waals surface area contributed by atoms with Gasteiger partial charge in [-0.15, -0.1) is 5.06 Å². The van der Waals surface area contributed by atoms with Crippen LogP contribution in [0.15, 0.2) is 30.3 Å². The van der Waals surface area contributed by atoms with E-state index in [2.05, 4.69) is 5.32 Å². The second-order valence-corrected chi connectivity index (χ2v) is 8.44. The average molecular weight is 390 g/mol. The molecule has 1 saturated carbocycles. The molecule has 7 heteroatoms. The Bertz CT molecular complexity index is 702. The Hall–Kier alpha value is -2.12. The summed E-state index contributed by atoms with van der Waals surface area (Å²) in [4.78, 5) is 30.8. The Morgan fingerprint density at radius 1 is 1.29 bits per heavy atom. The molecule has 28 heavy (non-hydrogen) atoms. The zero-order valence-electron chi connectivity index (χ0n) is 17.1. The molecule has 1 amide bonds. The molecule has 1 aromatic carbocycles. The summed E-state index contributed by atoms with van der Waals surface area (Å²) in [5.74, 6) is -0.345. The van der Waals surface area contributed by atoms with Gasteiger partial charge in [-0.2, -0.15) is 0 Å². The molecule has 1 aliphatic heterocycles. The van der Waals surface area contributed by atoms with Gasteiger partial charge in [0.05, 0.1) is 13.2 Å². The highest BCUT2D eigenvalue weighted by Gasteiger charge is 2.65. The quantitative estimate of drug-likeness (QED) is 0.614. The molecule has 0 bridgehead atoms. The van der Waals surface area contributed by atoms with E-state index in [9.17, 15) is 9.59 Å². The zero-order valence-corrected chi connectivity index (χ0v) is 17.1. The molecule has 3 rings (SSSR count). The van der Waals surface area contributed by atoms with Crippen LogP contribution in [0.5, 0.6) is 0 Å². The third-order valence-corrected chi connectivity index (χ3v) is 5.14. The standard InChI is InChI=1S/C21H30N2O5/c1-20(2,3)27-19(25)22-17-12-8-9-13-21(17)23(28-21)16(18(24)26-4)14-15-10-6-5-7-11-15/h5-7,10-11,16-17H,8-9,12-14H2,1-4H3,(H,22,25)/t16-,17+,21+,23?/m1/s1. The Morgan fingerprint density at radius 3 is 2.64 bits per heavy atom. The first-order chi connectivity index (χ1) is 13.2. The van der Waals surface area contributed by atoms with Crippen LogP contribution in [-0.2, 0) is 25.5 Å². The van der Waals surface area contributed by atoms with Gasteiger partial charge in [-0.05, 0) is 45.6 Å². The van der Waals surface area contributed by atoms with Crippen LogP contribution in [0.1, 0.15) is 52.0 Å². The van der Waals surface area contributed by atoms with Gasteiger partial charge in [-0.25, -0.2) is 4.79 Å². The maximum absolute atomic E-state index is 12.5. The van der Waals surface area contributed by atoms with E-state index >= 15 is 0 Å². The smallest absolute Gasteiger partial charge is 0.408 e. The summed E-state index contributed by atoms with van der Waals surface area (Å²) in [5.41, 5.74) is -0.225. The molecule has 154 valence electrons. The first kappa shape index (κ1) is 20.6. The summed E-state index contributed by atoms with van der Waals surface area (Å²) in [6.45, 7) is 5.49. The molecule has 4 atom stereocenters. The number of hydroxylamine groups is 2. The number of methoxy groups -OCH3 is 1. The van der Waals surface area contributed by atoms with Crippen LogP contribution in [0, 0.1) is 0 Å². The van der Waals surface area contributed by atoms with E-state index < -0.39 is 23.5 Å². The van der Waals surface area contributed by atoms with Gasteiger partial charge in [-0.1, -0.05) is 36.8 Å². The number of nitrogens with one attached hydrogen (secondary N) is 1. The predicted octanol–water partition coefficient (Wildman–Crippen LogP) is 3.18. The molecule has 2 aliphatic rings. The predicted molar refractivity (Wildman–Crippen MR) is 103 cm³/mol. The normalized spacial score (nSPS) is 27.7. The molecule has 7 nitrogen and oxygen atoms in total. The van der Waals surface area contributed by atoms with Crippen LogP contribution >= 0.6 is 0 Å². The first-order valence-electron chi connectivity index (χ1n) is 9.85. The third-order valence-electron chi connectivity index (χ3n) is 5.14. The minimum Gasteiger partial charge on any atom is -0.468 e. The first-order valence-corrected chi connectivity index (χ1v) is 9.85. The Balaban J connectivity index is 1.74. The maximum atomic E-state index is 12.5. The van der Waals surface area contributed by atoms with E-state index in [0.717, 1.165) is 31.2 Å². The molecule has 1 unspecified atom stereocenters. The maximum Gasteiger partial charge on any atom is 0.408 e. The highest BCUT2D eigenvalue weighted by atomic mass is 16.9. The van der Waals surface area contributed by atoms with Crippen LogP contribution in [0.2, 0.25) is 0 Å². The van der Waals surface area contributed by atoms with E-state index in [1.807, 2.05) is 51.1 Å². The molecule has 1 aromatic rings. The Kier molecular flexibility index (Phi) is 5.95. The molecule has 0 radical (unpaired) electrons. The van der Waals surface area contributed by atoms with E-state index in [4.69, 9.17) is 14.3 Å². The van der Waals surface area contributed by atoms with Crippen molar-refractivity contribution in [3.8, 4) is 0 Å². The zero-order chi connectivity index (χ0) is 20.4. The number of ether oxygens (including phenoxy) is 2.